The third-order valence-corrected chi connectivity index (χ3v) is 8.22. The lowest BCUT2D eigenvalue weighted by Crippen LogP contribution is -2.71. The van der Waals surface area contributed by atoms with E-state index >= 15 is 0 Å². The number of amides is 2. The second-order valence-corrected chi connectivity index (χ2v) is 10.4. The van der Waals surface area contributed by atoms with Gasteiger partial charge in [0.25, 0.3) is 17.6 Å². The smallest absolute Gasteiger partial charge is 0.352 e. The summed E-state index contributed by atoms with van der Waals surface area (Å²) < 4.78 is 1.48. The molecule has 2 aliphatic heterocycles. The number of β-lactam (4-membered cyclic amide) rings is 1. The van der Waals surface area contributed by atoms with Crippen molar-refractivity contribution in [1.82, 2.24) is 34.8 Å². The Labute approximate surface area is 222 Å². The van der Waals surface area contributed by atoms with Crippen molar-refractivity contribution in [3.05, 3.63) is 46.1 Å². The third-order valence-electron chi connectivity index (χ3n) is 5.67. The number of carbonyl (C=O) groups is 3. The van der Waals surface area contributed by atoms with Gasteiger partial charge in [-0.05, 0) is 18.6 Å². The number of hydrogen-bond acceptors (Lipinski definition) is 13. The van der Waals surface area contributed by atoms with E-state index in [0.717, 1.165) is 11.3 Å². The molecule has 5 heterocycles. The van der Waals surface area contributed by atoms with Crippen molar-refractivity contribution in [1.29, 1.82) is 0 Å². The van der Waals surface area contributed by atoms with Crippen molar-refractivity contribution >= 4 is 70.1 Å². The highest BCUT2D eigenvalue weighted by Crippen LogP contribution is 2.45. The summed E-state index contributed by atoms with van der Waals surface area (Å²) in [6.07, 6.45) is 1.34. The van der Waals surface area contributed by atoms with Crippen LogP contribution in [0.4, 0.5) is 5.13 Å². The van der Waals surface area contributed by atoms with Gasteiger partial charge in [-0.1, -0.05) is 5.16 Å². The topological polar surface area (TPSA) is 190 Å². The van der Waals surface area contributed by atoms with Crippen LogP contribution >= 0.6 is 35.7 Å². The number of aryl methyl sites for hydroxylation is 1. The Kier molecular flexibility index (Phi) is 6.50. The number of thiazole rings is 1. The van der Waals surface area contributed by atoms with E-state index in [1.807, 2.05) is 0 Å². The summed E-state index contributed by atoms with van der Waals surface area (Å²) in [5.74, 6) is -1.96. The lowest BCUT2D eigenvalue weighted by Gasteiger charge is -2.49. The lowest BCUT2D eigenvalue weighted by molar-refractivity contribution is -0.150. The Bertz CT molecular complexity index is 1500. The SMILES string of the molecule is CON=C(C(=O)N[C@@H]1C(=O)N2C(C(=O)O)=C(C(S)c3cc(C)nc4ncnn34)CS[C@H]12)c1csc(N)n1. The predicted octanol–water partition coefficient (Wildman–Crippen LogP) is 0.232. The van der Waals surface area contributed by atoms with Gasteiger partial charge >= 0.3 is 5.97 Å². The number of carboxylic acids is 1. The van der Waals surface area contributed by atoms with E-state index in [2.05, 4.69) is 30.5 Å². The van der Waals surface area contributed by atoms with Crippen molar-refractivity contribution in [3.8, 4) is 0 Å². The van der Waals surface area contributed by atoms with Crippen molar-refractivity contribution < 1.29 is 24.3 Å². The molecule has 0 aromatic carbocycles. The molecule has 192 valence electrons. The fourth-order valence-corrected chi connectivity index (χ4v) is 6.54. The molecule has 0 spiro atoms. The highest BCUT2D eigenvalue weighted by atomic mass is 32.2. The van der Waals surface area contributed by atoms with Crippen LogP contribution in [0, 0.1) is 6.92 Å². The van der Waals surface area contributed by atoms with E-state index in [1.54, 1.807) is 13.0 Å². The van der Waals surface area contributed by atoms with Crippen molar-refractivity contribution in [2.24, 2.45) is 5.16 Å². The fraction of sp³-hybridized carbons (Fsp3) is 0.300. The number of fused-ring (bicyclic) bond motifs is 2. The molecule has 3 atom stereocenters. The van der Waals surface area contributed by atoms with Crippen molar-refractivity contribution in [3.63, 3.8) is 0 Å². The fourth-order valence-electron chi connectivity index (χ4n) is 4.09. The van der Waals surface area contributed by atoms with Crippen molar-refractivity contribution in [2.75, 3.05) is 18.6 Å². The largest absolute Gasteiger partial charge is 0.477 e. The second kappa shape index (κ2) is 9.64. The molecule has 14 nitrogen and oxygen atoms in total. The number of nitrogens with zero attached hydrogens (tertiary/aromatic N) is 7. The van der Waals surface area contributed by atoms with Gasteiger partial charge in [-0.15, -0.1) is 23.1 Å². The molecule has 1 unspecified atom stereocenters. The van der Waals surface area contributed by atoms with Gasteiger partial charge in [0, 0.05) is 16.8 Å². The highest BCUT2D eigenvalue weighted by molar-refractivity contribution is 8.00. The molecule has 0 bridgehead atoms. The number of aromatic nitrogens is 5. The number of carbonyl (C=O) groups excluding carboxylic acids is 2. The maximum atomic E-state index is 13.1. The van der Waals surface area contributed by atoms with Crippen LogP contribution in [-0.4, -0.2) is 82.3 Å². The van der Waals surface area contributed by atoms with Crippen LogP contribution in [0.2, 0.25) is 0 Å². The number of rotatable bonds is 7. The van der Waals surface area contributed by atoms with Crippen LogP contribution < -0.4 is 11.1 Å². The number of nitrogen functional groups attached to an aromatic ring is 1. The molecular weight excluding hydrogens is 542 g/mol. The minimum atomic E-state index is -1.28. The molecule has 1 saturated heterocycles. The van der Waals surface area contributed by atoms with E-state index in [4.69, 9.17) is 23.2 Å². The number of carboxylic acid groups (broad SMARTS) is 1. The molecule has 5 rings (SSSR count). The average molecular weight is 562 g/mol. The van der Waals surface area contributed by atoms with Gasteiger partial charge in [0.2, 0.25) is 0 Å². The molecule has 0 aliphatic carbocycles. The molecule has 0 radical (unpaired) electrons. The summed E-state index contributed by atoms with van der Waals surface area (Å²) in [5, 5.41) is 21.0. The van der Waals surface area contributed by atoms with Gasteiger partial charge in [-0.2, -0.15) is 27.2 Å². The minimum Gasteiger partial charge on any atom is -0.477 e. The first kappa shape index (κ1) is 25.0. The van der Waals surface area contributed by atoms with Crippen LogP contribution in [0.3, 0.4) is 0 Å². The number of anilines is 1. The number of oxime groups is 1. The summed E-state index contributed by atoms with van der Waals surface area (Å²) in [6.45, 7) is 1.78. The number of thioether (sulfide) groups is 1. The summed E-state index contributed by atoms with van der Waals surface area (Å²) in [5.41, 5.74) is 7.15. The zero-order valence-electron chi connectivity index (χ0n) is 19.2. The van der Waals surface area contributed by atoms with Crippen LogP contribution in [0.5, 0.6) is 0 Å². The van der Waals surface area contributed by atoms with Crippen LogP contribution in [-0.2, 0) is 19.2 Å². The molecule has 4 N–H and O–H groups in total. The van der Waals surface area contributed by atoms with Gasteiger partial charge in [-0.25, -0.2) is 14.8 Å². The van der Waals surface area contributed by atoms with Crippen LogP contribution in [0.25, 0.3) is 5.78 Å². The third kappa shape index (κ3) is 4.27. The van der Waals surface area contributed by atoms with Crippen LogP contribution in [0.15, 0.2) is 34.2 Å². The quantitative estimate of drug-likeness (QED) is 0.134. The molecule has 2 amide bonds. The van der Waals surface area contributed by atoms with Gasteiger partial charge < -0.3 is 21.0 Å². The Hall–Kier alpha value is -3.70. The summed E-state index contributed by atoms with van der Waals surface area (Å²) in [7, 11) is 1.27. The molecular formula is C20H19N9O5S3. The molecule has 17 heteroatoms. The maximum absolute atomic E-state index is 13.1. The van der Waals surface area contributed by atoms with Gasteiger partial charge in [0.1, 0.15) is 36.2 Å². The first-order valence-electron chi connectivity index (χ1n) is 10.6. The summed E-state index contributed by atoms with van der Waals surface area (Å²) in [6, 6.07) is 0.765. The molecule has 1 fully saturated rings. The minimum absolute atomic E-state index is 0.155. The standard InChI is InChI=1S/C20H19N9O5S3/c1-7-3-10(29-20(24-7)22-6-23-29)14(35)8-4-36-17-12(16(31)28(17)13(8)18(32)33)26-15(30)11(27-34-2)9-5-37-19(21)25-9/h3,5-6,12,14,17,35H,4H2,1-2H3,(H2,21,25)(H,26,30)(H,32,33)/t12-,14?,17-/m1/s1. The molecule has 37 heavy (non-hydrogen) atoms. The molecule has 3 aromatic rings. The monoisotopic (exact) mass is 561 g/mol. The normalized spacial score (nSPS) is 20.5. The second-order valence-electron chi connectivity index (χ2n) is 7.93. The van der Waals surface area contributed by atoms with Gasteiger partial charge in [0.05, 0.1) is 10.9 Å². The Balaban J connectivity index is 1.42. The number of hydrogen-bond donors (Lipinski definition) is 4. The lowest BCUT2D eigenvalue weighted by atomic mass is 10.00. The Morgan fingerprint density at radius 1 is 1.41 bits per heavy atom. The van der Waals surface area contributed by atoms with E-state index < -0.39 is 34.4 Å². The first-order chi connectivity index (χ1) is 17.7. The maximum Gasteiger partial charge on any atom is 0.352 e. The summed E-state index contributed by atoms with van der Waals surface area (Å²) >= 11 is 7.13. The number of nitrogens with two attached hydrogens (primary N) is 1. The molecule has 0 saturated carbocycles. The zero-order chi connectivity index (χ0) is 26.4. The number of thiol groups is 1. The highest BCUT2D eigenvalue weighted by Gasteiger charge is 2.55. The first-order valence-corrected chi connectivity index (χ1v) is 13.1. The zero-order valence-corrected chi connectivity index (χ0v) is 21.8. The van der Waals surface area contributed by atoms with Crippen LogP contribution in [0.1, 0.15) is 22.3 Å². The Morgan fingerprint density at radius 3 is 2.86 bits per heavy atom. The molecule has 3 aromatic heterocycles. The Morgan fingerprint density at radius 2 is 2.19 bits per heavy atom. The summed E-state index contributed by atoms with van der Waals surface area (Å²) in [4.78, 5) is 56.8. The number of nitrogens with one attached hydrogen (secondary N) is 1. The van der Waals surface area contributed by atoms with E-state index in [9.17, 15) is 19.5 Å². The van der Waals surface area contributed by atoms with Gasteiger partial charge in [-0.3, -0.25) is 14.5 Å². The van der Waals surface area contributed by atoms with Crippen molar-refractivity contribution in [2.45, 2.75) is 23.6 Å². The van der Waals surface area contributed by atoms with Gasteiger partial charge in [0.15, 0.2) is 10.8 Å². The number of aliphatic carboxylic acids is 1. The van der Waals surface area contributed by atoms with E-state index in [0.29, 0.717) is 22.7 Å². The van der Waals surface area contributed by atoms with E-state index in [1.165, 1.54) is 40.0 Å². The van der Waals surface area contributed by atoms with E-state index in [-0.39, 0.29) is 28.0 Å². The average Bonchev–Trinajstić information content (AvgIpc) is 3.52. The molecule has 2 aliphatic rings. The predicted molar refractivity (Wildman–Crippen MR) is 137 cm³/mol.